The maximum absolute atomic E-state index is 4.48. The first kappa shape index (κ1) is 13.7. The number of hydrogen-bond acceptors (Lipinski definition) is 3. The van der Waals surface area contributed by atoms with E-state index in [0.717, 1.165) is 5.03 Å². The van der Waals surface area contributed by atoms with Crippen LogP contribution in [-0.4, -0.2) is 12.0 Å². The molecule has 104 valence electrons. The quantitative estimate of drug-likeness (QED) is 0.918. The van der Waals surface area contributed by atoms with Gasteiger partial charge in [-0.05, 0) is 74.2 Å². The van der Waals surface area contributed by atoms with Crippen molar-refractivity contribution in [3.05, 3.63) is 53.2 Å². The maximum Gasteiger partial charge on any atom is 0.101 e. The monoisotopic (exact) mass is 284 g/mol. The lowest BCUT2D eigenvalue weighted by Crippen LogP contribution is -2.12. The van der Waals surface area contributed by atoms with Gasteiger partial charge in [-0.2, -0.15) is 0 Å². The molecule has 0 spiro atoms. The summed E-state index contributed by atoms with van der Waals surface area (Å²) < 4.78 is 0. The van der Waals surface area contributed by atoms with Crippen LogP contribution in [0, 0.1) is 0 Å². The fourth-order valence-electron chi connectivity index (χ4n) is 2.65. The summed E-state index contributed by atoms with van der Waals surface area (Å²) in [4.78, 5) is 5.78. The summed E-state index contributed by atoms with van der Waals surface area (Å²) >= 11 is 1.76. The van der Waals surface area contributed by atoms with Gasteiger partial charge in [0.25, 0.3) is 0 Å². The number of aryl methyl sites for hydroxylation is 2. The summed E-state index contributed by atoms with van der Waals surface area (Å²) in [5.41, 5.74) is 4.33. The van der Waals surface area contributed by atoms with E-state index in [1.54, 1.807) is 11.8 Å². The Bertz CT molecular complexity index is 610. The molecule has 3 heteroatoms. The Hall–Kier alpha value is -1.32. The highest BCUT2D eigenvalue weighted by Gasteiger charge is 2.12. The minimum Gasteiger partial charge on any atom is -0.313 e. The van der Waals surface area contributed by atoms with E-state index in [1.165, 1.54) is 40.8 Å². The number of nitrogens with zero attached hydrogens (tertiary/aromatic N) is 1. The van der Waals surface area contributed by atoms with Gasteiger partial charge in [-0.3, -0.25) is 0 Å². The first-order chi connectivity index (χ1) is 9.76. The molecule has 20 heavy (non-hydrogen) atoms. The van der Waals surface area contributed by atoms with Gasteiger partial charge in [0.05, 0.1) is 0 Å². The van der Waals surface area contributed by atoms with E-state index < -0.39 is 0 Å². The lowest BCUT2D eigenvalue weighted by molar-refractivity contribution is 0.649. The standard InChI is InChI=1S/C17H20N2S/c1-12(18-2)14-8-9-19-17(11-14)20-16-7-6-13-4-3-5-15(13)10-16/h6-12,18H,3-5H2,1-2H3. The highest BCUT2D eigenvalue weighted by atomic mass is 32.2. The number of benzene rings is 1. The van der Waals surface area contributed by atoms with Gasteiger partial charge in [-0.25, -0.2) is 4.98 Å². The molecule has 0 saturated carbocycles. The molecule has 1 aliphatic carbocycles. The Balaban J connectivity index is 1.81. The van der Waals surface area contributed by atoms with Crippen molar-refractivity contribution in [3.63, 3.8) is 0 Å². The zero-order valence-corrected chi connectivity index (χ0v) is 12.8. The molecule has 2 aromatic rings. The van der Waals surface area contributed by atoms with Crippen molar-refractivity contribution < 1.29 is 0 Å². The number of fused-ring (bicyclic) bond motifs is 1. The Morgan fingerprint density at radius 1 is 1.15 bits per heavy atom. The van der Waals surface area contributed by atoms with Crippen molar-refractivity contribution >= 4 is 11.8 Å². The molecule has 0 fully saturated rings. The van der Waals surface area contributed by atoms with Crippen LogP contribution in [0.5, 0.6) is 0 Å². The molecule has 1 aromatic carbocycles. The predicted molar refractivity (Wildman–Crippen MR) is 84.3 cm³/mol. The van der Waals surface area contributed by atoms with E-state index in [4.69, 9.17) is 0 Å². The molecule has 1 aliphatic rings. The van der Waals surface area contributed by atoms with Crippen molar-refractivity contribution in [1.82, 2.24) is 10.3 Å². The SMILES string of the molecule is CNC(C)c1ccnc(Sc2ccc3c(c2)CCC3)c1. The molecule has 0 saturated heterocycles. The molecular formula is C17H20N2S. The van der Waals surface area contributed by atoms with Gasteiger partial charge in [-0.15, -0.1) is 0 Å². The zero-order chi connectivity index (χ0) is 13.9. The second kappa shape index (κ2) is 5.98. The highest BCUT2D eigenvalue weighted by molar-refractivity contribution is 7.99. The number of nitrogens with one attached hydrogen (secondary N) is 1. The van der Waals surface area contributed by atoms with Gasteiger partial charge in [0.1, 0.15) is 5.03 Å². The lowest BCUT2D eigenvalue weighted by Gasteiger charge is -2.11. The van der Waals surface area contributed by atoms with Crippen LogP contribution in [0.4, 0.5) is 0 Å². The average Bonchev–Trinajstić information content (AvgIpc) is 2.94. The third kappa shape index (κ3) is 2.89. The van der Waals surface area contributed by atoms with E-state index in [1.807, 2.05) is 13.2 Å². The van der Waals surface area contributed by atoms with Gasteiger partial charge < -0.3 is 5.32 Å². The summed E-state index contributed by atoms with van der Waals surface area (Å²) in [6.07, 6.45) is 5.68. The predicted octanol–water partition coefficient (Wildman–Crippen LogP) is 4.00. The Morgan fingerprint density at radius 2 is 2.00 bits per heavy atom. The number of hydrogen-bond donors (Lipinski definition) is 1. The summed E-state index contributed by atoms with van der Waals surface area (Å²) in [7, 11) is 1.98. The van der Waals surface area contributed by atoms with Crippen molar-refractivity contribution in [3.8, 4) is 0 Å². The van der Waals surface area contributed by atoms with Crippen molar-refractivity contribution in [1.29, 1.82) is 0 Å². The van der Waals surface area contributed by atoms with Gasteiger partial charge in [-0.1, -0.05) is 17.8 Å². The van der Waals surface area contributed by atoms with Crippen LogP contribution < -0.4 is 5.32 Å². The zero-order valence-electron chi connectivity index (χ0n) is 12.0. The smallest absolute Gasteiger partial charge is 0.101 e. The van der Waals surface area contributed by atoms with Crippen LogP contribution in [0.15, 0.2) is 46.5 Å². The van der Waals surface area contributed by atoms with Crippen LogP contribution in [0.2, 0.25) is 0 Å². The second-order valence-corrected chi connectivity index (χ2v) is 6.42. The molecule has 1 atom stereocenters. The molecule has 1 unspecified atom stereocenters. The minimum atomic E-state index is 0.359. The van der Waals surface area contributed by atoms with Gasteiger partial charge in [0, 0.05) is 17.1 Å². The molecular weight excluding hydrogens is 264 g/mol. The topological polar surface area (TPSA) is 24.9 Å². The van der Waals surface area contributed by atoms with Crippen LogP contribution in [-0.2, 0) is 12.8 Å². The van der Waals surface area contributed by atoms with Crippen molar-refractivity contribution in [2.75, 3.05) is 7.05 Å². The van der Waals surface area contributed by atoms with E-state index in [-0.39, 0.29) is 0 Å². The summed E-state index contributed by atoms with van der Waals surface area (Å²) in [6.45, 7) is 2.17. The maximum atomic E-state index is 4.48. The largest absolute Gasteiger partial charge is 0.313 e. The number of aromatic nitrogens is 1. The first-order valence-corrected chi connectivity index (χ1v) is 8.01. The number of rotatable bonds is 4. The van der Waals surface area contributed by atoms with E-state index in [2.05, 4.69) is 47.6 Å². The Labute approximate surface area is 125 Å². The van der Waals surface area contributed by atoms with Crippen LogP contribution in [0.3, 0.4) is 0 Å². The lowest BCUT2D eigenvalue weighted by atomic mass is 10.1. The molecule has 0 amide bonds. The normalized spacial score (nSPS) is 15.1. The molecule has 3 rings (SSSR count). The van der Waals surface area contributed by atoms with E-state index in [0.29, 0.717) is 6.04 Å². The Morgan fingerprint density at radius 3 is 2.85 bits per heavy atom. The molecule has 0 bridgehead atoms. The second-order valence-electron chi connectivity index (χ2n) is 5.32. The number of pyridine rings is 1. The highest BCUT2D eigenvalue weighted by Crippen LogP contribution is 2.31. The Kier molecular flexibility index (Phi) is 4.08. The van der Waals surface area contributed by atoms with Crippen LogP contribution in [0.1, 0.15) is 36.1 Å². The molecule has 0 radical (unpaired) electrons. The van der Waals surface area contributed by atoms with E-state index >= 15 is 0 Å². The summed E-state index contributed by atoms with van der Waals surface area (Å²) in [6, 6.07) is 11.5. The van der Waals surface area contributed by atoms with Crippen molar-refractivity contribution in [2.24, 2.45) is 0 Å². The molecule has 0 aliphatic heterocycles. The molecule has 2 nitrogen and oxygen atoms in total. The van der Waals surface area contributed by atoms with Gasteiger partial charge in [0.15, 0.2) is 0 Å². The first-order valence-electron chi connectivity index (χ1n) is 7.19. The minimum absolute atomic E-state index is 0.359. The third-order valence-electron chi connectivity index (χ3n) is 3.98. The van der Waals surface area contributed by atoms with Gasteiger partial charge >= 0.3 is 0 Å². The fraction of sp³-hybridized carbons (Fsp3) is 0.353. The molecule has 1 N–H and O–H groups in total. The van der Waals surface area contributed by atoms with Crippen LogP contribution >= 0.6 is 11.8 Å². The van der Waals surface area contributed by atoms with Gasteiger partial charge in [0.2, 0.25) is 0 Å². The fourth-order valence-corrected chi connectivity index (χ4v) is 3.54. The summed E-state index contributed by atoms with van der Waals surface area (Å²) in [5, 5.41) is 4.34. The average molecular weight is 284 g/mol. The molecule has 1 heterocycles. The summed E-state index contributed by atoms with van der Waals surface area (Å²) in [5.74, 6) is 0. The third-order valence-corrected chi connectivity index (χ3v) is 4.91. The van der Waals surface area contributed by atoms with Crippen LogP contribution in [0.25, 0.3) is 0 Å². The molecule has 1 aromatic heterocycles. The van der Waals surface area contributed by atoms with Crippen molar-refractivity contribution in [2.45, 2.75) is 42.1 Å². The van der Waals surface area contributed by atoms with E-state index in [9.17, 15) is 0 Å².